The van der Waals surface area contributed by atoms with Gasteiger partial charge < -0.3 is 9.72 Å². The van der Waals surface area contributed by atoms with Gasteiger partial charge in [0.05, 0.1) is 13.5 Å². The van der Waals surface area contributed by atoms with Crippen LogP contribution in [-0.4, -0.2) is 18.1 Å². The second-order valence-corrected chi connectivity index (χ2v) is 2.59. The second-order valence-electron chi connectivity index (χ2n) is 2.59. The topological polar surface area (TPSA) is 82.9 Å². The van der Waals surface area contributed by atoms with Crippen molar-refractivity contribution in [1.29, 1.82) is 5.26 Å². The van der Waals surface area contributed by atoms with Crippen LogP contribution in [0.25, 0.3) is 0 Å². The molecular weight excluding hydrogens is 184 g/mol. The molecule has 1 aromatic heterocycles. The van der Waals surface area contributed by atoms with Gasteiger partial charge in [0.15, 0.2) is 0 Å². The van der Waals surface area contributed by atoms with E-state index in [4.69, 9.17) is 5.26 Å². The molecule has 0 bridgehead atoms. The standard InChI is InChI=1S/C9H8N2O3/c1-14-8(12)2-6-4-11-5-7(3-10)9(6)13/h4-5H,2H2,1H3,(H,11,13). The van der Waals surface area contributed by atoms with Crippen molar-refractivity contribution in [1.82, 2.24) is 4.98 Å². The molecule has 1 heterocycles. The number of ether oxygens (including phenoxy) is 1. The Labute approximate surface area is 79.9 Å². The molecule has 0 unspecified atom stereocenters. The number of nitrogens with one attached hydrogen (secondary N) is 1. The minimum absolute atomic E-state index is 0.00796. The van der Waals surface area contributed by atoms with E-state index >= 15 is 0 Å². The quantitative estimate of drug-likeness (QED) is 0.666. The van der Waals surface area contributed by atoms with E-state index < -0.39 is 11.4 Å². The molecule has 0 saturated heterocycles. The van der Waals surface area contributed by atoms with Gasteiger partial charge in [-0.2, -0.15) is 5.26 Å². The first-order valence-corrected chi connectivity index (χ1v) is 3.86. The first-order valence-electron chi connectivity index (χ1n) is 3.86. The summed E-state index contributed by atoms with van der Waals surface area (Å²) in [5.74, 6) is -0.509. The van der Waals surface area contributed by atoms with Gasteiger partial charge in [-0.3, -0.25) is 9.59 Å². The Bertz CT molecular complexity index is 442. The molecular formula is C9H8N2O3. The van der Waals surface area contributed by atoms with E-state index in [1.54, 1.807) is 6.07 Å². The highest BCUT2D eigenvalue weighted by Crippen LogP contribution is 1.95. The number of esters is 1. The van der Waals surface area contributed by atoms with E-state index in [1.807, 2.05) is 0 Å². The van der Waals surface area contributed by atoms with Gasteiger partial charge in [-0.1, -0.05) is 0 Å². The van der Waals surface area contributed by atoms with E-state index in [1.165, 1.54) is 19.5 Å². The maximum absolute atomic E-state index is 11.4. The van der Waals surface area contributed by atoms with Crippen LogP contribution in [0.15, 0.2) is 17.2 Å². The zero-order valence-electron chi connectivity index (χ0n) is 7.53. The minimum Gasteiger partial charge on any atom is -0.469 e. The number of aromatic amines is 1. The summed E-state index contributed by atoms with van der Waals surface area (Å²) in [6, 6.07) is 1.73. The Kier molecular flexibility index (Phi) is 3.02. The third-order valence-corrected chi connectivity index (χ3v) is 1.70. The van der Waals surface area contributed by atoms with Gasteiger partial charge in [0.25, 0.3) is 0 Å². The number of nitriles is 1. The minimum atomic E-state index is -0.509. The molecule has 0 atom stereocenters. The van der Waals surface area contributed by atoms with Gasteiger partial charge in [0.1, 0.15) is 11.6 Å². The molecule has 0 spiro atoms. The van der Waals surface area contributed by atoms with Gasteiger partial charge >= 0.3 is 5.97 Å². The summed E-state index contributed by atoms with van der Waals surface area (Å²) in [5.41, 5.74) is -0.209. The summed E-state index contributed by atoms with van der Waals surface area (Å²) in [4.78, 5) is 24.9. The summed E-state index contributed by atoms with van der Waals surface area (Å²) >= 11 is 0. The first-order chi connectivity index (χ1) is 6.69. The van der Waals surface area contributed by atoms with E-state index in [-0.39, 0.29) is 17.5 Å². The molecule has 72 valence electrons. The monoisotopic (exact) mass is 192 g/mol. The number of hydrogen-bond donors (Lipinski definition) is 1. The van der Waals surface area contributed by atoms with Crippen LogP contribution >= 0.6 is 0 Å². The van der Waals surface area contributed by atoms with Crippen LogP contribution in [0.5, 0.6) is 0 Å². The van der Waals surface area contributed by atoms with Crippen LogP contribution in [0.2, 0.25) is 0 Å². The Morgan fingerprint density at radius 3 is 2.93 bits per heavy atom. The van der Waals surface area contributed by atoms with Crippen molar-refractivity contribution in [2.45, 2.75) is 6.42 Å². The Hall–Kier alpha value is -2.09. The van der Waals surface area contributed by atoms with Crippen molar-refractivity contribution in [3.8, 4) is 6.07 Å². The number of aromatic nitrogens is 1. The van der Waals surface area contributed by atoms with Gasteiger partial charge in [-0.25, -0.2) is 0 Å². The Morgan fingerprint density at radius 2 is 2.36 bits per heavy atom. The molecule has 0 aliphatic rings. The molecule has 0 aliphatic carbocycles. The van der Waals surface area contributed by atoms with Gasteiger partial charge in [0, 0.05) is 18.0 Å². The number of methoxy groups -OCH3 is 1. The average Bonchev–Trinajstić information content (AvgIpc) is 2.21. The van der Waals surface area contributed by atoms with Crippen molar-refractivity contribution < 1.29 is 9.53 Å². The lowest BCUT2D eigenvalue weighted by atomic mass is 10.1. The molecule has 5 heteroatoms. The van der Waals surface area contributed by atoms with Crippen molar-refractivity contribution in [3.05, 3.63) is 33.7 Å². The molecule has 1 N–H and O–H groups in total. The number of carbonyl (C=O) groups is 1. The summed E-state index contributed by atoms with van der Waals surface area (Å²) in [6.07, 6.45) is 2.56. The highest BCUT2D eigenvalue weighted by Gasteiger charge is 2.09. The van der Waals surface area contributed by atoms with Gasteiger partial charge in [-0.15, -0.1) is 0 Å². The maximum atomic E-state index is 11.4. The van der Waals surface area contributed by atoms with E-state index in [0.29, 0.717) is 0 Å². The van der Waals surface area contributed by atoms with Crippen molar-refractivity contribution >= 4 is 5.97 Å². The maximum Gasteiger partial charge on any atom is 0.310 e. The highest BCUT2D eigenvalue weighted by molar-refractivity contribution is 5.72. The number of rotatable bonds is 2. The Morgan fingerprint density at radius 1 is 1.64 bits per heavy atom. The predicted molar refractivity (Wildman–Crippen MR) is 47.5 cm³/mol. The zero-order chi connectivity index (χ0) is 10.6. The molecule has 0 radical (unpaired) electrons. The van der Waals surface area contributed by atoms with E-state index in [9.17, 15) is 9.59 Å². The third-order valence-electron chi connectivity index (χ3n) is 1.70. The average molecular weight is 192 g/mol. The van der Waals surface area contributed by atoms with Gasteiger partial charge in [-0.05, 0) is 0 Å². The highest BCUT2D eigenvalue weighted by atomic mass is 16.5. The third kappa shape index (κ3) is 1.98. The van der Waals surface area contributed by atoms with Crippen LogP contribution in [0.1, 0.15) is 11.1 Å². The molecule has 0 amide bonds. The zero-order valence-corrected chi connectivity index (χ0v) is 7.53. The van der Waals surface area contributed by atoms with Crippen molar-refractivity contribution in [2.75, 3.05) is 7.11 Å². The second kappa shape index (κ2) is 4.23. The number of nitrogens with zero attached hydrogens (tertiary/aromatic N) is 1. The largest absolute Gasteiger partial charge is 0.469 e. The fourth-order valence-corrected chi connectivity index (χ4v) is 0.972. The molecule has 5 nitrogen and oxygen atoms in total. The van der Waals surface area contributed by atoms with E-state index in [0.717, 1.165) is 0 Å². The lowest BCUT2D eigenvalue weighted by Gasteiger charge is -1.98. The SMILES string of the molecule is COC(=O)Cc1c[nH]cc(C#N)c1=O. The molecule has 14 heavy (non-hydrogen) atoms. The predicted octanol–water partition coefficient (Wildman–Crippen LogP) is -0.0379. The molecule has 0 saturated carbocycles. The van der Waals surface area contributed by atoms with Crippen LogP contribution in [0.3, 0.4) is 0 Å². The summed E-state index contributed by atoms with van der Waals surface area (Å²) in [5, 5.41) is 8.55. The first kappa shape index (κ1) is 9.99. The summed E-state index contributed by atoms with van der Waals surface area (Å²) in [7, 11) is 1.24. The molecule has 0 aromatic carbocycles. The number of carbonyl (C=O) groups excluding carboxylic acids is 1. The summed E-state index contributed by atoms with van der Waals surface area (Å²) < 4.78 is 4.41. The molecule has 0 aliphatic heterocycles. The van der Waals surface area contributed by atoms with Crippen LogP contribution < -0.4 is 5.43 Å². The Balaban J connectivity index is 3.06. The van der Waals surface area contributed by atoms with Crippen molar-refractivity contribution in [2.24, 2.45) is 0 Å². The normalized spacial score (nSPS) is 9.14. The van der Waals surface area contributed by atoms with Crippen molar-refractivity contribution in [3.63, 3.8) is 0 Å². The van der Waals surface area contributed by atoms with Crippen LogP contribution in [0, 0.1) is 11.3 Å². The summed E-state index contributed by atoms with van der Waals surface area (Å²) in [6.45, 7) is 0. The fourth-order valence-electron chi connectivity index (χ4n) is 0.972. The van der Waals surface area contributed by atoms with Gasteiger partial charge in [0.2, 0.25) is 5.43 Å². The van der Waals surface area contributed by atoms with Crippen LogP contribution in [-0.2, 0) is 16.0 Å². The fraction of sp³-hybridized carbons (Fsp3) is 0.222. The number of H-pyrrole nitrogens is 1. The lowest BCUT2D eigenvalue weighted by molar-refractivity contribution is -0.139. The number of hydrogen-bond acceptors (Lipinski definition) is 4. The smallest absolute Gasteiger partial charge is 0.310 e. The van der Waals surface area contributed by atoms with Crippen LogP contribution in [0.4, 0.5) is 0 Å². The lowest BCUT2D eigenvalue weighted by Crippen LogP contribution is -2.17. The number of pyridine rings is 1. The van der Waals surface area contributed by atoms with E-state index in [2.05, 4.69) is 9.72 Å². The molecule has 1 aromatic rings. The molecule has 1 rings (SSSR count). The molecule has 0 fully saturated rings.